The summed E-state index contributed by atoms with van der Waals surface area (Å²) >= 11 is 0. The monoisotopic (exact) mass is 344 g/mol. The molecule has 2 aliphatic carbocycles. The fourth-order valence-corrected chi connectivity index (χ4v) is 6.29. The minimum Gasteiger partial charge on any atom is -0.349 e. The third-order valence-electron chi connectivity index (χ3n) is 4.49. The molecule has 0 N–H and O–H groups in total. The molecule has 23 heavy (non-hydrogen) atoms. The summed E-state index contributed by atoms with van der Waals surface area (Å²) in [6.45, 7) is 8.17. The van der Waals surface area contributed by atoms with Crippen LogP contribution in [0, 0.1) is 0 Å². The first-order valence-electron chi connectivity index (χ1n) is 9.70. The van der Waals surface area contributed by atoms with Crippen molar-refractivity contribution in [2.45, 2.75) is 116 Å². The van der Waals surface area contributed by atoms with Crippen LogP contribution in [0.15, 0.2) is 0 Å². The van der Waals surface area contributed by atoms with E-state index in [2.05, 4.69) is 0 Å². The molecule has 2 rings (SSSR count). The van der Waals surface area contributed by atoms with Gasteiger partial charge in [-0.2, -0.15) is 0 Å². The van der Waals surface area contributed by atoms with Crippen LogP contribution in [0.1, 0.15) is 91.9 Å². The van der Waals surface area contributed by atoms with Gasteiger partial charge in [0.15, 0.2) is 0 Å². The number of rotatable bonds is 8. The molecule has 136 valence electrons. The van der Waals surface area contributed by atoms with E-state index in [0.29, 0.717) is 0 Å². The van der Waals surface area contributed by atoms with E-state index in [1.165, 1.54) is 38.5 Å². The van der Waals surface area contributed by atoms with E-state index in [9.17, 15) is 0 Å². The van der Waals surface area contributed by atoms with Gasteiger partial charge in [0.1, 0.15) is 0 Å². The smallest absolute Gasteiger partial charge is 0.349 e. The highest BCUT2D eigenvalue weighted by Gasteiger charge is 2.51. The zero-order valence-electron chi connectivity index (χ0n) is 15.5. The second-order valence-electron chi connectivity index (χ2n) is 7.59. The van der Waals surface area contributed by atoms with E-state index < -0.39 is 9.05 Å². The highest BCUT2D eigenvalue weighted by molar-refractivity contribution is 6.53. The summed E-state index contributed by atoms with van der Waals surface area (Å²) in [7, 11) is -3.10. The van der Waals surface area contributed by atoms with Gasteiger partial charge < -0.3 is 17.7 Å². The quantitative estimate of drug-likeness (QED) is 0.583. The van der Waals surface area contributed by atoms with Crippen LogP contribution in [-0.2, 0) is 17.7 Å². The maximum Gasteiger partial charge on any atom is 0.680 e. The van der Waals surface area contributed by atoms with Gasteiger partial charge in [-0.25, -0.2) is 0 Å². The van der Waals surface area contributed by atoms with Gasteiger partial charge in [0, 0.05) is 12.2 Å². The molecular weight excluding hydrogens is 308 g/mol. The van der Waals surface area contributed by atoms with Crippen LogP contribution in [0.2, 0.25) is 0 Å². The zero-order valence-corrected chi connectivity index (χ0v) is 16.5. The SMILES string of the molecule is CC(C)O[Si](OC(C)C)(OC1CCCCC1)OC1CCCCC1. The van der Waals surface area contributed by atoms with Crippen molar-refractivity contribution >= 4 is 9.05 Å². The molecule has 0 aromatic heterocycles. The Balaban J connectivity index is 2.09. The number of hydrogen-bond donors (Lipinski definition) is 0. The van der Waals surface area contributed by atoms with Crippen LogP contribution >= 0.6 is 0 Å². The van der Waals surface area contributed by atoms with Crippen LogP contribution in [0.5, 0.6) is 0 Å². The maximum atomic E-state index is 6.48. The van der Waals surface area contributed by atoms with Crippen LogP contribution in [0.4, 0.5) is 0 Å². The van der Waals surface area contributed by atoms with Crippen LogP contribution < -0.4 is 0 Å². The Bertz CT molecular complexity index is 291. The Morgan fingerprint density at radius 2 is 0.957 bits per heavy atom. The molecule has 0 aromatic rings. The van der Waals surface area contributed by atoms with Crippen LogP contribution in [0.3, 0.4) is 0 Å². The normalized spacial score (nSPS) is 22.2. The molecule has 0 atom stereocenters. The molecule has 0 spiro atoms. The molecular formula is C18H36O4Si. The van der Waals surface area contributed by atoms with Gasteiger partial charge in [0.2, 0.25) is 0 Å². The van der Waals surface area contributed by atoms with Gasteiger partial charge in [-0.1, -0.05) is 38.5 Å². The molecule has 0 unspecified atom stereocenters. The third kappa shape index (κ3) is 6.82. The molecule has 2 aliphatic rings. The Kier molecular flexibility index (Phi) is 8.02. The first kappa shape index (κ1) is 19.4. The van der Waals surface area contributed by atoms with Crippen molar-refractivity contribution in [2.75, 3.05) is 0 Å². The molecule has 0 aliphatic heterocycles. The summed E-state index contributed by atoms with van der Waals surface area (Å²) < 4.78 is 25.4. The lowest BCUT2D eigenvalue weighted by atomic mass is 9.98. The average Bonchev–Trinajstić information content (AvgIpc) is 2.47. The molecule has 0 amide bonds. The molecule has 0 radical (unpaired) electrons. The maximum absolute atomic E-state index is 6.48. The van der Waals surface area contributed by atoms with E-state index in [0.717, 1.165) is 25.7 Å². The summed E-state index contributed by atoms with van der Waals surface area (Å²) in [5.41, 5.74) is 0. The van der Waals surface area contributed by atoms with Crippen molar-refractivity contribution < 1.29 is 17.7 Å². The van der Waals surface area contributed by atoms with Gasteiger partial charge in [0.05, 0.1) is 12.2 Å². The second kappa shape index (κ2) is 9.52. The van der Waals surface area contributed by atoms with Gasteiger partial charge in [-0.15, -0.1) is 0 Å². The predicted molar refractivity (Wildman–Crippen MR) is 94.1 cm³/mol. The van der Waals surface area contributed by atoms with E-state index in [1.807, 2.05) is 27.7 Å². The average molecular weight is 345 g/mol. The van der Waals surface area contributed by atoms with Gasteiger partial charge in [-0.05, 0) is 53.4 Å². The second-order valence-corrected chi connectivity index (χ2v) is 9.53. The summed E-state index contributed by atoms with van der Waals surface area (Å²) in [4.78, 5) is 0. The first-order chi connectivity index (χ1) is 11.0. The van der Waals surface area contributed by atoms with Crippen molar-refractivity contribution in [3.63, 3.8) is 0 Å². The van der Waals surface area contributed by atoms with Crippen molar-refractivity contribution in [2.24, 2.45) is 0 Å². The van der Waals surface area contributed by atoms with Crippen molar-refractivity contribution in [3.05, 3.63) is 0 Å². The largest absolute Gasteiger partial charge is 0.680 e. The molecule has 2 saturated carbocycles. The highest BCUT2D eigenvalue weighted by Crippen LogP contribution is 2.30. The van der Waals surface area contributed by atoms with Crippen molar-refractivity contribution in [1.82, 2.24) is 0 Å². The lowest BCUT2D eigenvalue weighted by Crippen LogP contribution is -2.56. The van der Waals surface area contributed by atoms with E-state index in [4.69, 9.17) is 17.7 Å². The third-order valence-corrected chi connectivity index (χ3v) is 7.25. The fraction of sp³-hybridized carbons (Fsp3) is 1.00. The van der Waals surface area contributed by atoms with E-state index in [1.54, 1.807) is 0 Å². The Labute approximate surface area is 143 Å². The lowest BCUT2D eigenvalue weighted by Gasteiger charge is -2.38. The van der Waals surface area contributed by atoms with Crippen LogP contribution in [-0.4, -0.2) is 33.5 Å². The Morgan fingerprint density at radius 3 is 1.26 bits per heavy atom. The Morgan fingerprint density at radius 1 is 0.609 bits per heavy atom. The standard InChI is InChI=1S/C18H36O4Si/c1-15(2)19-23(20-16(3)4,21-17-11-7-5-8-12-17)22-18-13-9-6-10-14-18/h15-18H,5-14H2,1-4H3. The van der Waals surface area contributed by atoms with Gasteiger partial charge in [0.25, 0.3) is 0 Å². The molecule has 0 heterocycles. The summed E-state index contributed by atoms with van der Waals surface area (Å²) in [5, 5.41) is 0. The lowest BCUT2D eigenvalue weighted by molar-refractivity contribution is -0.105. The molecule has 4 nitrogen and oxygen atoms in total. The molecule has 5 heteroatoms. The Hall–Kier alpha value is 0.0569. The molecule has 2 fully saturated rings. The van der Waals surface area contributed by atoms with Gasteiger partial charge >= 0.3 is 9.05 Å². The van der Waals surface area contributed by atoms with Crippen molar-refractivity contribution in [3.8, 4) is 0 Å². The molecule has 0 saturated heterocycles. The van der Waals surface area contributed by atoms with Gasteiger partial charge in [-0.3, -0.25) is 0 Å². The minimum atomic E-state index is -3.10. The first-order valence-corrected chi connectivity index (χ1v) is 11.3. The van der Waals surface area contributed by atoms with E-state index in [-0.39, 0.29) is 24.4 Å². The van der Waals surface area contributed by atoms with E-state index >= 15 is 0 Å². The fourth-order valence-electron chi connectivity index (χ4n) is 3.52. The summed E-state index contributed by atoms with van der Waals surface area (Å²) in [6.07, 6.45) is 12.6. The zero-order chi connectivity index (χ0) is 16.7. The minimum absolute atomic E-state index is 0.0487. The molecule has 0 bridgehead atoms. The summed E-state index contributed by atoms with van der Waals surface area (Å²) in [5.74, 6) is 0. The summed E-state index contributed by atoms with van der Waals surface area (Å²) in [6, 6.07) is 0. The predicted octanol–water partition coefficient (Wildman–Crippen LogP) is 4.97. The highest BCUT2D eigenvalue weighted by atomic mass is 28.4. The number of hydrogen-bond acceptors (Lipinski definition) is 4. The molecule has 0 aromatic carbocycles. The van der Waals surface area contributed by atoms with Crippen LogP contribution in [0.25, 0.3) is 0 Å². The topological polar surface area (TPSA) is 36.9 Å². The van der Waals surface area contributed by atoms with Crippen molar-refractivity contribution in [1.29, 1.82) is 0 Å².